The van der Waals surface area contributed by atoms with Crippen LogP contribution in [0.1, 0.15) is 27.8 Å². The minimum atomic E-state index is 0.160. The van der Waals surface area contributed by atoms with Gasteiger partial charge in [0.25, 0.3) is 0 Å². The third kappa shape index (κ3) is 7.46. The van der Waals surface area contributed by atoms with E-state index in [-0.39, 0.29) is 5.91 Å². The molecule has 0 unspecified atom stereocenters. The van der Waals surface area contributed by atoms with Gasteiger partial charge in [0.2, 0.25) is 5.91 Å². The van der Waals surface area contributed by atoms with E-state index in [1.807, 2.05) is 41.3 Å². The van der Waals surface area contributed by atoms with Crippen molar-refractivity contribution < 1.29 is 9.53 Å². The minimum absolute atomic E-state index is 0.160. The highest BCUT2D eigenvalue weighted by molar-refractivity contribution is 5.80. The standard InChI is InChI=1S/C31H36N4O2/c1-24-17-25(2)19-28(18-24)21-31(36)35-15-13-34(14-16-35)29(22-33-32)30(20-26-9-5-3-6-10-26)37-23-27-11-7-4-8-12-27/h3-12,17-19,22H,13-16,20-21,23,32H2,1-2H3/b30-29-,33-22-. The Morgan fingerprint density at radius 2 is 1.38 bits per heavy atom. The molecular formula is C31H36N4O2. The average molecular weight is 497 g/mol. The molecule has 6 heteroatoms. The summed E-state index contributed by atoms with van der Waals surface area (Å²) in [6, 6.07) is 26.7. The smallest absolute Gasteiger partial charge is 0.227 e. The molecule has 192 valence electrons. The van der Waals surface area contributed by atoms with E-state index in [4.69, 9.17) is 10.6 Å². The van der Waals surface area contributed by atoms with Crippen molar-refractivity contribution in [2.24, 2.45) is 10.9 Å². The highest BCUT2D eigenvalue weighted by Crippen LogP contribution is 2.20. The van der Waals surface area contributed by atoms with Crippen LogP contribution in [0.2, 0.25) is 0 Å². The average Bonchev–Trinajstić information content (AvgIpc) is 2.90. The van der Waals surface area contributed by atoms with E-state index >= 15 is 0 Å². The number of nitrogens with two attached hydrogens (primary N) is 1. The highest BCUT2D eigenvalue weighted by atomic mass is 16.5. The predicted octanol–water partition coefficient (Wildman–Crippen LogP) is 4.61. The quantitative estimate of drug-likeness (QED) is 0.203. The number of rotatable bonds is 9. The number of piperazine rings is 1. The second-order valence-corrected chi connectivity index (χ2v) is 9.56. The third-order valence-electron chi connectivity index (χ3n) is 6.56. The number of hydrazone groups is 1. The van der Waals surface area contributed by atoms with Gasteiger partial charge in [0.05, 0.1) is 18.3 Å². The maximum atomic E-state index is 13.1. The number of amides is 1. The molecule has 3 aromatic carbocycles. The second-order valence-electron chi connectivity index (χ2n) is 9.56. The number of aryl methyl sites for hydroxylation is 2. The van der Waals surface area contributed by atoms with Crippen molar-refractivity contribution in [2.45, 2.75) is 33.3 Å². The zero-order valence-corrected chi connectivity index (χ0v) is 21.8. The van der Waals surface area contributed by atoms with E-state index in [0.717, 1.165) is 28.1 Å². The van der Waals surface area contributed by atoms with Gasteiger partial charge >= 0.3 is 0 Å². The van der Waals surface area contributed by atoms with Crippen molar-refractivity contribution in [3.63, 3.8) is 0 Å². The monoisotopic (exact) mass is 496 g/mol. The van der Waals surface area contributed by atoms with Gasteiger partial charge in [-0.05, 0) is 30.5 Å². The van der Waals surface area contributed by atoms with Crippen molar-refractivity contribution >= 4 is 12.1 Å². The number of hydrogen-bond acceptors (Lipinski definition) is 5. The Labute approximate surface area is 220 Å². The lowest BCUT2D eigenvalue weighted by molar-refractivity contribution is -0.131. The molecule has 1 amide bonds. The lowest BCUT2D eigenvalue weighted by atomic mass is 10.0. The molecule has 2 N–H and O–H groups in total. The van der Waals surface area contributed by atoms with Crippen molar-refractivity contribution in [3.8, 4) is 0 Å². The van der Waals surface area contributed by atoms with Gasteiger partial charge in [0.15, 0.2) is 0 Å². The molecule has 1 heterocycles. The zero-order valence-electron chi connectivity index (χ0n) is 21.8. The minimum Gasteiger partial charge on any atom is -0.491 e. The number of carbonyl (C=O) groups is 1. The van der Waals surface area contributed by atoms with E-state index < -0.39 is 0 Å². The van der Waals surface area contributed by atoms with Crippen LogP contribution in [0.5, 0.6) is 0 Å². The number of carbonyl (C=O) groups excluding carboxylic acids is 1. The Morgan fingerprint density at radius 3 is 1.97 bits per heavy atom. The largest absolute Gasteiger partial charge is 0.491 e. The Bertz CT molecular complexity index is 1210. The summed E-state index contributed by atoms with van der Waals surface area (Å²) in [5, 5.41) is 3.87. The van der Waals surface area contributed by atoms with Crippen LogP contribution in [0.25, 0.3) is 0 Å². The molecule has 0 spiro atoms. The van der Waals surface area contributed by atoms with Crippen LogP contribution in [-0.2, 0) is 29.0 Å². The first-order valence-corrected chi connectivity index (χ1v) is 12.8. The van der Waals surface area contributed by atoms with E-state index in [1.54, 1.807) is 6.21 Å². The van der Waals surface area contributed by atoms with Crippen molar-refractivity contribution in [3.05, 3.63) is 118 Å². The van der Waals surface area contributed by atoms with Crippen LogP contribution < -0.4 is 5.84 Å². The Kier molecular flexibility index (Phi) is 8.98. The fraction of sp³-hybridized carbons (Fsp3) is 0.290. The molecule has 0 aliphatic carbocycles. The van der Waals surface area contributed by atoms with Crippen LogP contribution in [0.4, 0.5) is 0 Å². The van der Waals surface area contributed by atoms with E-state index in [1.165, 1.54) is 11.1 Å². The first-order valence-electron chi connectivity index (χ1n) is 12.8. The zero-order chi connectivity index (χ0) is 26.0. The molecule has 0 radical (unpaired) electrons. The van der Waals surface area contributed by atoms with Crippen LogP contribution in [0.15, 0.2) is 95.4 Å². The van der Waals surface area contributed by atoms with Gasteiger partial charge in [-0.2, -0.15) is 5.10 Å². The molecule has 0 atom stereocenters. The molecule has 0 aromatic heterocycles. The molecule has 4 rings (SSSR count). The number of ether oxygens (including phenoxy) is 1. The number of benzene rings is 3. The van der Waals surface area contributed by atoms with Crippen LogP contribution in [-0.4, -0.2) is 48.1 Å². The van der Waals surface area contributed by atoms with Gasteiger partial charge in [-0.25, -0.2) is 0 Å². The number of allylic oxidation sites excluding steroid dienone is 2. The third-order valence-corrected chi connectivity index (χ3v) is 6.56. The topological polar surface area (TPSA) is 71.2 Å². The Hall–Kier alpha value is -4.06. The van der Waals surface area contributed by atoms with E-state index in [0.29, 0.717) is 45.6 Å². The normalized spacial score (nSPS) is 14.5. The molecule has 0 saturated carbocycles. The number of hydrogen-bond donors (Lipinski definition) is 1. The van der Waals surface area contributed by atoms with Crippen molar-refractivity contribution in [1.29, 1.82) is 0 Å². The lowest BCUT2D eigenvalue weighted by Gasteiger charge is -2.37. The second kappa shape index (κ2) is 12.8. The van der Waals surface area contributed by atoms with Gasteiger partial charge in [0, 0.05) is 32.6 Å². The first-order chi connectivity index (χ1) is 18.0. The lowest BCUT2D eigenvalue weighted by Crippen LogP contribution is -2.49. The highest BCUT2D eigenvalue weighted by Gasteiger charge is 2.24. The van der Waals surface area contributed by atoms with Crippen LogP contribution in [0, 0.1) is 13.8 Å². The van der Waals surface area contributed by atoms with Gasteiger partial charge in [-0.3, -0.25) is 4.79 Å². The molecule has 0 bridgehead atoms. The summed E-state index contributed by atoms with van der Waals surface area (Å²) in [6.07, 6.45) is 2.73. The summed E-state index contributed by atoms with van der Waals surface area (Å²) in [5.74, 6) is 6.63. The molecular weight excluding hydrogens is 460 g/mol. The number of nitrogens with zero attached hydrogens (tertiary/aromatic N) is 3. The molecule has 3 aromatic rings. The van der Waals surface area contributed by atoms with Gasteiger partial charge in [0.1, 0.15) is 12.4 Å². The maximum absolute atomic E-state index is 13.1. The molecule has 37 heavy (non-hydrogen) atoms. The predicted molar refractivity (Wildman–Crippen MR) is 149 cm³/mol. The summed E-state index contributed by atoms with van der Waals surface area (Å²) >= 11 is 0. The summed E-state index contributed by atoms with van der Waals surface area (Å²) in [6.45, 7) is 7.25. The van der Waals surface area contributed by atoms with Crippen LogP contribution in [0.3, 0.4) is 0 Å². The van der Waals surface area contributed by atoms with Gasteiger partial charge in [-0.15, -0.1) is 0 Å². The molecule has 1 aliphatic rings. The molecule has 6 nitrogen and oxygen atoms in total. The fourth-order valence-electron chi connectivity index (χ4n) is 4.80. The summed E-state index contributed by atoms with van der Waals surface area (Å²) < 4.78 is 6.39. The Balaban J connectivity index is 1.49. The van der Waals surface area contributed by atoms with E-state index in [2.05, 4.69) is 66.3 Å². The summed E-state index contributed by atoms with van der Waals surface area (Å²) in [7, 11) is 0. The molecule has 1 fully saturated rings. The van der Waals surface area contributed by atoms with Gasteiger partial charge < -0.3 is 20.4 Å². The molecule has 1 saturated heterocycles. The van der Waals surface area contributed by atoms with Crippen molar-refractivity contribution in [1.82, 2.24) is 9.80 Å². The van der Waals surface area contributed by atoms with Gasteiger partial charge in [-0.1, -0.05) is 90.0 Å². The summed E-state index contributed by atoms with van der Waals surface area (Å²) in [4.78, 5) is 17.2. The maximum Gasteiger partial charge on any atom is 0.227 e. The fourth-order valence-corrected chi connectivity index (χ4v) is 4.80. The SMILES string of the molecule is Cc1cc(C)cc(CC(=O)N2CCN(C(/C=N\N)=C(/Cc3ccccc3)OCc3ccccc3)CC2)c1. The van der Waals surface area contributed by atoms with E-state index in [9.17, 15) is 4.79 Å². The first kappa shape index (κ1) is 26.0. The molecule has 1 aliphatic heterocycles. The summed E-state index contributed by atoms with van der Waals surface area (Å²) in [5.41, 5.74) is 6.55. The Morgan fingerprint density at radius 1 is 0.811 bits per heavy atom. The van der Waals surface area contributed by atoms with Crippen LogP contribution >= 0.6 is 0 Å². The van der Waals surface area contributed by atoms with Crippen molar-refractivity contribution in [2.75, 3.05) is 26.2 Å².